The Balaban J connectivity index is 1.43. The van der Waals surface area contributed by atoms with E-state index in [1.165, 1.54) is 80.9 Å². The molecule has 0 amide bonds. The second-order valence-electron chi connectivity index (χ2n) is 8.61. The van der Waals surface area contributed by atoms with E-state index in [9.17, 15) is 0 Å². The molecule has 0 N–H and O–H groups in total. The molecule has 1 fully saturated rings. The minimum Gasteiger partial charge on any atom is -0.489 e. The Bertz CT molecular complexity index is 662. The van der Waals surface area contributed by atoms with Crippen LogP contribution < -0.4 is 4.74 Å². The highest BCUT2D eigenvalue weighted by atomic mass is 16.5. The molecule has 0 radical (unpaired) electrons. The first kappa shape index (κ1) is 21.0. The van der Waals surface area contributed by atoms with Crippen LogP contribution in [-0.4, -0.2) is 0 Å². The van der Waals surface area contributed by atoms with Crippen LogP contribution in [0.15, 0.2) is 48.5 Å². The van der Waals surface area contributed by atoms with E-state index in [0.29, 0.717) is 6.61 Å². The average Bonchev–Trinajstić information content (AvgIpc) is 2.76. The van der Waals surface area contributed by atoms with Gasteiger partial charge in [-0.1, -0.05) is 75.9 Å². The van der Waals surface area contributed by atoms with Crippen molar-refractivity contribution in [1.29, 1.82) is 0 Å². The predicted octanol–water partition coefficient (Wildman–Crippen LogP) is 8.07. The van der Waals surface area contributed by atoms with Crippen LogP contribution in [0.2, 0.25) is 0 Å². The maximum absolute atomic E-state index is 6.02. The highest BCUT2D eigenvalue weighted by Gasteiger charge is 2.21. The van der Waals surface area contributed by atoms with Gasteiger partial charge < -0.3 is 4.74 Å². The van der Waals surface area contributed by atoms with Crippen LogP contribution in [0.4, 0.5) is 0 Å². The highest BCUT2D eigenvalue weighted by molar-refractivity contribution is 5.30. The van der Waals surface area contributed by atoms with Gasteiger partial charge in [-0.3, -0.25) is 0 Å². The van der Waals surface area contributed by atoms with Gasteiger partial charge >= 0.3 is 0 Å². The summed E-state index contributed by atoms with van der Waals surface area (Å²) in [6.45, 7) is 5.25. The largest absolute Gasteiger partial charge is 0.489 e. The van der Waals surface area contributed by atoms with E-state index in [0.717, 1.165) is 17.6 Å². The van der Waals surface area contributed by atoms with Crippen LogP contribution in [0.1, 0.15) is 94.2 Å². The molecule has 0 saturated heterocycles. The molecule has 0 unspecified atom stereocenters. The number of ether oxygens (including phenoxy) is 1. The molecule has 2 aromatic carbocycles. The Labute approximate surface area is 172 Å². The van der Waals surface area contributed by atoms with Crippen molar-refractivity contribution in [1.82, 2.24) is 0 Å². The lowest BCUT2D eigenvalue weighted by Crippen LogP contribution is -2.12. The molecule has 0 bridgehead atoms. The normalized spacial score (nSPS) is 19.5. The summed E-state index contributed by atoms with van der Waals surface area (Å²) >= 11 is 0. The smallest absolute Gasteiger partial charge is 0.119 e. The van der Waals surface area contributed by atoms with Crippen molar-refractivity contribution in [3.63, 3.8) is 0 Å². The Morgan fingerprint density at radius 2 is 1.43 bits per heavy atom. The summed E-state index contributed by atoms with van der Waals surface area (Å²) in [5, 5.41) is 0. The molecule has 1 nitrogen and oxygen atoms in total. The van der Waals surface area contributed by atoms with Crippen LogP contribution in [-0.2, 0) is 13.0 Å². The molecule has 2 aromatic rings. The van der Waals surface area contributed by atoms with Gasteiger partial charge in [-0.15, -0.1) is 0 Å². The lowest BCUT2D eigenvalue weighted by molar-refractivity contribution is 0.305. The summed E-state index contributed by atoms with van der Waals surface area (Å²) in [6.07, 6.45) is 13.3. The molecular formula is C27H38O. The van der Waals surface area contributed by atoms with E-state index in [4.69, 9.17) is 4.74 Å². The van der Waals surface area contributed by atoms with Crippen molar-refractivity contribution in [3.8, 4) is 5.75 Å². The monoisotopic (exact) mass is 378 g/mol. The number of benzene rings is 2. The lowest BCUT2D eigenvalue weighted by Gasteiger charge is -2.28. The minimum absolute atomic E-state index is 0.650. The molecule has 1 heteroatoms. The van der Waals surface area contributed by atoms with E-state index < -0.39 is 0 Å². The third-order valence-electron chi connectivity index (χ3n) is 6.52. The van der Waals surface area contributed by atoms with Crippen LogP contribution in [0.3, 0.4) is 0 Å². The Kier molecular flexibility index (Phi) is 8.45. The quantitative estimate of drug-likeness (QED) is 0.380. The molecule has 152 valence electrons. The Morgan fingerprint density at radius 1 is 0.750 bits per heavy atom. The fourth-order valence-electron chi connectivity index (χ4n) is 4.46. The van der Waals surface area contributed by atoms with Crippen molar-refractivity contribution in [3.05, 3.63) is 65.2 Å². The Morgan fingerprint density at radius 3 is 2.07 bits per heavy atom. The van der Waals surface area contributed by atoms with Crippen molar-refractivity contribution in [2.24, 2.45) is 5.92 Å². The zero-order valence-corrected chi connectivity index (χ0v) is 18.0. The molecular weight excluding hydrogens is 340 g/mol. The third kappa shape index (κ3) is 6.40. The molecule has 0 aliphatic heterocycles. The highest BCUT2D eigenvalue weighted by Crippen LogP contribution is 2.37. The first-order valence-corrected chi connectivity index (χ1v) is 11.6. The van der Waals surface area contributed by atoms with Gasteiger partial charge in [0.1, 0.15) is 12.4 Å². The summed E-state index contributed by atoms with van der Waals surface area (Å²) < 4.78 is 6.02. The number of hydrogen-bond acceptors (Lipinski definition) is 1. The van der Waals surface area contributed by atoms with E-state index >= 15 is 0 Å². The van der Waals surface area contributed by atoms with Gasteiger partial charge in [0.15, 0.2) is 0 Å². The van der Waals surface area contributed by atoms with Gasteiger partial charge in [0.2, 0.25) is 0 Å². The molecule has 0 heterocycles. The summed E-state index contributed by atoms with van der Waals surface area (Å²) in [5.74, 6) is 2.69. The standard InChI is InChI=1S/C27H38O/c1-3-5-6-7-8-23-9-11-24(12-10-23)21-28-27-19-17-26(18-20-27)25-15-13-22(4-2)14-16-25/h9-12,17-20,22,25H,3-8,13-16,21H2,1-2H3. The van der Waals surface area contributed by atoms with Crippen molar-refractivity contribution >= 4 is 0 Å². The second-order valence-corrected chi connectivity index (χ2v) is 8.61. The SMILES string of the molecule is CCCCCCc1ccc(COc2ccc(C3CCC(CC)CC3)cc2)cc1. The van der Waals surface area contributed by atoms with Crippen molar-refractivity contribution < 1.29 is 4.74 Å². The number of unbranched alkanes of at least 4 members (excludes halogenated alkanes) is 3. The summed E-state index contributed by atoms with van der Waals surface area (Å²) in [5.41, 5.74) is 4.19. The maximum Gasteiger partial charge on any atom is 0.119 e. The van der Waals surface area contributed by atoms with E-state index in [-0.39, 0.29) is 0 Å². The lowest BCUT2D eigenvalue weighted by atomic mass is 9.78. The molecule has 28 heavy (non-hydrogen) atoms. The van der Waals surface area contributed by atoms with Gasteiger partial charge in [-0.05, 0) is 79.2 Å². The van der Waals surface area contributed by atoms with Gasteiger partial charge in [0, 0.05) is 0 Å². The van der Waals surface area contributed by atoms with Crippen LogP contribution in [0.25, 0.3) is 0 Å². The summed E-state index contributed by atoms with van der Waals surface area (Å²) in [6, 6.07) is 17.8. The van der Waals surface area contributed by atoms with Gasteiger partial charge in [0.25, 0.3) is 0 Å². The van der Waals surface area contributed by atoms with Gasteiger partial charge in [0.05, 0.1) is 0 Å². The average molecular weight is 379 g/mol. The summed E-state index contributed by atoms with van der Waals surface area (Å²) in [4.78, 5) is 0. The zero-order valence-electron chi connectivity index (χ0n) is 18.0. The number of hydrogen-bond donors (Lipinski definition) is 0. The first-order valence-electron chi connectivity index (χ1n) is 11.6. The second kappa shape index (κ2) is 11.3. The molecule has 3 rings (SSSR count). The zero-order chi connectivity index (χ0) is 19.6. The molecule has 0 spiro atoms. The molecule has 1 aliphatic rings. The minimum atomic E-state index is 0.650. The molecule has 1 saturated carbocycles. The van der Waals surface area contributed by atoms with Crippen molar-refractivity contribution in [2.75, 3.05) is 0 Å². The van der Waals surface area contributed by atoms with E-state index in [2.05, 4.69) is 62.4 Å². The summed E-state index contributed by atoms with van der Waals surface area (Å²) in [7, 11) is 0. The van der Waals surface area contributed by atoms with Crippen molar-refractivity contribution in [2.45, 2.75) is 90.6 Å². The molecule has 0 aromatic heterocycles. The molecule has 1 aliphatic carbocycles. The Hall–Kier alpha value is -1.76. The van der Waals surface area contributed by atoms with Gasteiger partial charge in [-0.25, -0.2) is 0 Å². The van der Waals surface area contributed by atoms with E-state index in [1.54, 1.807) is 0 Å². The third-order valence-corrected chi connectivity index (χ3v) is 6.52. The van der Waals surface area contributed by atoms with Crippen LogP contribution in [0.5, 0.6) is 5.75 Å². The number of rotatable bonds is 10. The number of aryl methyl sites for hydroxylation is 1. The topological polar surface area (TPSA) is 9.23 Å². The fourth-order valence-corrected chi connectivity index (χ4v) is 4.46. The first-order chi connectivity index (χ1) is 13.8. The maximum atomic E-state index is 6.02. The fraction of sp³-hybridized carbons (Fsp3) is 0.556. The predicted molar refractivity (Wildman–Crippen MR) is 120 cm³/mol. The molecule has 0 atom stereocenters. The van der Waals surface area contributed by atoms with E-state index in [1.807, 2.05) is 0 Å². The van der Waals surface area contributed by atoms with Crippen LogP contribution in [0, 0.1) is 5.92 Å². The van der Waals surface area contributed by atoms with Crippen LogP contribution >= 0.6 is 0 Å². The van der Waals surface area contributed by atoms with Gasteiger partial charge in [-0.2, -0.15) is 0 Å².